The molecule has 0 atom stereocenters. The summed E-state index contributed by atoms with van der Waals surface area (Å²) in [6.07, 6.45) is -2.29. The molecular weight excluding hydrogens is 323 g/mol. The van der Waals surface area contributed by atoms with Gasteiger partial charge in [-0.1, -0.05) is 12.1 Å². The van der Waals surface area contributed by atoms with E-state index in [4.69, 9.17) is 5.26 Å². The second-order valence-electron chi connectivity index (χ2n) is 4.76. The molecule has 2 aromatic heterocycles. The van der Waals surface area contributed by atoms with Crippen LogP contribution in [0.15, 0.2) is 47.5 Å². The third kappa shape index (κ3) is 2.65. The predicted molar refractivity (Wildman–Crippen MR) is 77.1 cm³/mol. The number of aromatic amines is 1. The van der Waals surface area contributed by atoms with Crippen LogP contribution < -0.4 is 5.43 Å². The minimum atomic E-state index is -4.80. The number of aromatic nitrogens is 4. The Morgan fingerprint density at radius 2 is 1.92 bits per heavy atom. The molecule has 0 saturated carbocycles. The molecule has 0 bridgehead atoms. The summed E-state index contributed by atoms with van der Waals surface area (Å²) in [6.45, 7) is 0. The van der Waals surface area contributed by atoms with Crippen molar-refractivity contribution in [3.05, 3.63) is 64.2 Å². The Morgan fingerprint density at radius 1 is 1.21 bits per heavy atom. The van der Waals surface area contributed by atoms with E-state index < -0.39 is 23.0 Å². The number of alkyl halides is 3. The van der Waals surface area contributed by atoms with E-state index in [1.807, 2.05) is 11.2 Å². The van der Waals surface area contributed by atoms with Crippen molar-refractivity contribution >= 4 is 0 Å². The summed E-state index contributed by atoms with van der Waals surface area (Å²) in [7, 11) is 0. The number of rotatable bonds is 2. The molecule has 0 saturated heterocycles. The molecule has 0 fully saturated rings. The Bertz CT molecular complexity index is 966. The van der Waals surface area contributed by atoms with Crippen molar-refractivity contribution in [3.8, 4) is 23.0 Å². The molecule has 0 aliphatic carbocycles. The molecule has 0 aliphatic rings. The van der Waals surface area contributed by atoms with E-state index in [1.54, 1.807) is 0 Å². The lowest BCUT2D eigenvalue weighted by Gasteiger charge is -2.13. The molecule has 1 aromatic carbocycles. The molecule has 3 aromatic rings. The third-order valence-corrected chi connectivity index (χ3v) is 3.25. The molecule has 0 aliphatic heterocycles. The number of hydrogen-bond acceptors (Lipinski definition) is 4. The summed E-state index contributed by atoms with van der Waals surface area (Å²) in [5.74, 6) is 0. The molecule has 120 valence electrons. The average molecular weight is 331 g/mol. The maximum Gasteiger partial charge on any atom is 0.435 e. The van der Waals surface area contributed by atoms with Crippen molar-refractivity contribution < 1.29 is 13.2 Å². The maximum absolute atomic E-state index is 13.2. The fraction of sp³-hybridized carbons (Fsp3) is 0.0667. The van der Waals surface area contributed by atoms with Gasteiger partial charge in [0.2, 0.25) is 5.43 Å². The Morgan fingerprint density at radius 3 is 2.46 bits per heavy atom. The normalized spacial score (nSPS) is 11.2. The summed E-state index contributed by atoms with van der Waals surface area (Å²) in [5, 5.41) is 17.9. The average Bonchev–Trinajstić information content (AvgIpc) is 3.08. The van der Waals surface area contributed by atoms with E-state index in [0.717, 1.165) is 4.68 Å². The predicted octanol–water partition coefficient (Wildman–Crippen LogP) is 2.51. The van der Waals surface area contributed by atoms with Gasteiger partial charge in [-0.2, -0.15) is 28.6 Å². The lowest BCUT2D eigenvalue weighted by molar-refractivity contribution is -0.141. The van der Waals surface area contributed by atoms with Gasteiger partial charge in [-0.3, -0.25) is 9.89 Å². The van der Waals surface area contributed by atoms with Gasteiger partial charge < -0.3 is 0 Å². The van der Waals surface area contributed by atoms with E-state index in [9.17, 15) is 18.0 Å². The molecule has 0 radical (unpaired) electrons. The molecule has 24 heavy (non-hydrogen) atoms. The fourth-order valence-electron chi connectivity index (χ4n) is 2.16. The van der Waals surface area contributed by atoms with Crippen molar-refractivity contribution in [1.82, 2.24) is 20.0 Å². The number of hydrogen-bond donors (Lipinski definition) is 1. The van der Waals surface area contributed by atoms with Gasteiger partial charge in [0.05, 0.1) is 11.6 Å². The van der Waals surface area contributed by atoms with Gasteiger partial charge in [0, 0.05) is 18.0 Å². The van der Waals surface area contributed by atoms with Crippen molar-refractivity contribution in [2.45, 2.75) is 6.18 Å². The molecule has 1 N–H and O–H groups in total. The Balaban J connectivity index is 2.25. The van der Waals surface area contributed by atoms with Gasteiger partial charge >= 0.3 is 6.18 Å². The highest BCUT2D eigenvalue weighted by Crippen LogP contribution is 2.31. The van der Waals surface area contributed by atoms with Gasteiger partial charge in [0.25, 0.3) is 0 Å². The van der Waals surface area contributed by atoms with Crippen LogP contribution >= 0.6 is 0 Å². The van der Waals surface area contributed by atoms with Gasteiger partial charge in [0.15, 0.2) is 5.69 Å². The second kappa shape index (κ2) is 5.66. The zero-order valence-corrected chi connectivity index (χ0v) is 11.9. The number of nitrogens with zero attached hydrogens (tertiary/aromatic N) is 4. The molecule has 6 nitrogen and oxygen atoms in total. The first-order chi connectivity index (χ1) is 11.4. The first-order valence-corrected chi connectivity index (χ1v) is 6.62. The highest BCUT2D eigenvalue weighted by Gasteiger charge is 2.38. The van der Waals surface area contributed by atoms with Crippen LogP contribution in [-0.2, 0) is 6.18 Å². The molecule has 3 rings (SSSR count). The van der Waals surface area contributed by atoms with Gasteiger partial charge in [-0.05, 0) is 18.2 Å². The smallest absolute Gasteiger partial charge is 0.285 e. The second-order valence-corrected chi connectivity index (χ2v) is 4.76. The molecular formula is C15H8F3N5O. The number of H-pyrrole nitrogens is 1. The van der Waals surface area contributed by atoms with E-state index >= 15 is 0 Å². The zero-order valence-electron chi connectivity index (χ0n) is 11.9. The highest BCUT2D eigenvalue weighted by molar-refractivity contribution is 5.62. The summed E-state index contributed by atoms with van der Waals surface area (Å²) >= 11 is 0. The van der Waals surface area contributed by atoms with Crippen molar-refractivity contribution in [2.24, 2.45) is 0 Å². The van der Waals surface area contributed by atoms with Crippen LogP contribution in [0, 0.1) is 11.3 Å². The van der Waals surface area contributed by atoms with Crippen LogP contribution in [0.3, 0.4) is 0 Å². The fourth-order valence-corrected chi connectivity index (χ4v) is 2.16. The largest absolute Gasteiger partial charge is 0.435 e. The topological polar surface area (TPSA) is 87.4 Å². The number of nitriles is 1. The minimum Gasteiger partial charge on any atom is -0.285 e. The van der Waals surface area contributed by atoms with Crippen molar-refractivity contribution in [3.63, 3.8) is 0 Å². The van der Waals surface area contributed by atoms with Crippen LogP contribution in [0.5, 0.6) is 0 Å². The molecule has 2 heterocycles. The SMILES string of the molecule is N#Cc1ccc(-c2n[nH]c(C(F)(F)F)c(-n3cccn3)c2=O)cc1. The number of halogens is 3. The van der Waals surface area contributed by atoms with E-state index in [2.05, 4.69) is 10.2 Å². The number of nitrogens with one attached hydrogen (secondary N) is 1. The lowest BCUT2D eigenvalue weighted by Crippen LogP contribution is -2.25. The van der Waals surface area contributed by atoms with Gasteiger partial charge in [-0.15, -0.1) is 0 Å². The minimum absolute atomic E-state index is 0.196. The van der Waals surface area contributed by atoms with Crippen LogP contribution in [0.4, 0.5) is 13.2 Å². The van der Waals surface area contributed by atoms with E-state index in [1.165, 1.54) is 42.7 Å². The van der Waals surface area contributed by atoms with Crippen LogP contribution in [0.2, 0.25) is 0 Å². The van der Waals surface area contributed by atoms with Crippen LogP contribution in [0.1, 0.15) is 11.3 Å². The summed E-state index contributed by atoms with van der Waals surface area (Å²) < 4.78 is 40.3. The van der Waals surface area contributed by atoms with E-state index in [-0.39, 0.29) is 11.3 Å². The van der Waals surface area contributed by atoms with Gasteiger partial charge in [0.1, 0.15) is 11.4 Å². The quantitative estimate of drug-likeness (QED) is 0.781. The summed E-state index contributed by atoms with van der Waals surface area (Å²) in [4.78, 5) is 12.6. The van der Waals surface area contributed by atoms with Crippen LogP contribution in [-0.4, -0.2) is 20.0 Å². The molecule has 0 unspecified atom stereocenters. The van der Waals surface area contributed by atoms with Crippen LogP contribution in [0.25, 0.3) is 16.9 Å². The lowest BCUT2D eigenvalue weighted by atomic mass is 10.1. The molecule has 0 amide bonds. The Kier molecular flexibility index (Phi) is 3.65. The monoisotopic (exact) mass is 331 g/mol. The molecule has 9 heteroatoms. The first-order valence-electron chi connectivity index (χ1n) is 6.62. The maximum atomic E-state index is 13.2. The zero-order chi connectivity index (χ0) is 17.3. The number of benzene rings is 1. The Hall–Kier alpha value is -3.41. The van der Waals surface area contributed by atoms with Crippen molar-refractivity contribution in [1.29, 1.82) is 5.26 Å². The molecule has 0 spiro atoms. The third-order valence-electron chi connectivity index (χ3n) is 3.25. The van der Waals surface area contributed by atoms with E-state index in [0.29, 0.717) is 5.56 Å². The first kappa shape index (κ1) is 15.5. The Labute approximate surface area is 132 Å². The highest BCUT2D eigenvalue weighted by atomic mass is 19.4. The van der Waals surface area contributed by atoms with Crippen molar-refractivity contribution in [2.75, 3.05) is 0 Å². The summed E-state index contributed by atoms with van der Waals surface area (Å²) in [5.41, 5.74) is -2.42. The standard InChI is InChI=1S/C15H8F3N5O/c16-15(17,18)14-12(23-7-1-6-20-23)13(24)11(21-22-14)10-4-2-9(8-19)3-5-10/h1-7H,(H,22,24). The summed E-state index contributed by atoms with van der Waals surface area (Å²) in [6, 6.07) is 9.09. The van der Waals surface area contributed by atoms with Gasteiger partial charge in [-0.25, -0.2) is 4.68 Å².